The van der Waals surface area contributed by atoms with E-state index in [1.807, 2.05) is 23.2 Å². The molecular formula is C18H25N3O3. The van der Waals surface area contributed by atoms with Crippen molar-refractivity contribution in [1.82, 2.24) is 9.88 Å². The van der Waals surface area contributed by atoms with Gasteiger partial charge < -0.3 is 19.3 Å². The lowest BCUT2D eigenvalue weighted by molar-refractivity contribution is -0.141. The fourth-order valence-electron chi connectivity index (χ4n) is 3.29. The van der Waals surface area contributed by atoms with E-state index in [1.54, 1.807) is 0 Å². The summed E-state index contributed by atoms with van der Waals surface area (Å²) < 4.78 is 11.4. The van der Waals surface area contributed by atoms with Crippen LogP contribution in [0.25, 0.3) is 0 Å². The van der Waals surface area contributed by atoms with E-state index < -0.39 is 0 Å². The second-order valence-electron chi connectivity index (χ2n) is 6.92. The van der Waals surface area contributed by atoms with E-state index in [-0.39, 0.29) is 12.0 Å². The SMILES string of the molecule is O=C([C@H]1CCCO1)N1CCN(c2cc(OCC3CC3)ccn2)CC1. The summed E-state index contributed by atoms with van der Waals surface area (Å²) in [5.74, 6) is 2.73. The van der Waals surface area contributed by atoms with E-state index in [0.717, 1.165) is 63.1 Å². The zero-order valence-corrected chi connectivity index (χ0v) is 14.0. The van der Waals surface area contributed by atoms with Gasteiger partial charge in [0, 0.05) is 45.0 Å². The number of pyridine rings is 1. The van der Waals surface area contributed by atoms with Gasteiger partial charge >= 0.3 is 0 Å². The maximum Gasteiger partial charge on any atom is 0.251 e. The van der Waals surface area contributed by atoms with E-state index >= 15 is 0 Å². The van der Waals surface area contributed by atoms with Crippen molar-refractivity contribution >= 4 is 11.7 Å². The van der Waals surface area contributed by atoms with E-state index in [9.17, 15) is 4.79 Å². The number of hydrogen-bond acceptors (Lipinski definition) is 5. The summed E-state index contributed by atoms with van der Waals surface area (Å²) in [6, 6.07) is 3.93. The number of amides is 1. The summed E-state index contributed by atoms with van der Waals surface area (Å²) in [4.78, 5) is 21.0. The summed E-state index contributed by atoms with van der Waals surface area (Å²) in [5.41, 5.74) is 0. The Bertz CT molecular complexity index is 577. The molecule has 1 aromatic rings. The number of aromatic nitrogens is 1. The molecule has 3 heterocycles. The van der Waals surface area contributed by atoms with Gasteiger partial charge in [0.2, 0.25) is 0 Å². The summed E-state index contributed by atoms with van der Waals surface area (Å²) in [5, 5.41) is 0. The van der Waals surface area contributed by atoms with Gasteiger partial charge in [-0.2, -0.15) is 0 Å². The number of rotatable bonds is 5. The molecule has 2 aliphatic heterocycles. The first kappa shape index (κ1) is 15.7. The van der Waals surface area contributed by atoms with E-state index in [2.05, 4.69) is 9.88 Å². The third kappa shape index (κ3) is 3.64. The zero-order valence-electron chi connectivity index (χ0n) is 14.0. The Morgan fingerprint density at radius 1 is 1.25 bits per heavy atom. The van der Waals surface area contributed by atoms with E-state index in [1.165, 1.54) is 12.8 Å². The number of nitrogens with zero attached hydrogens (tertiary/aromatic N) is 3. The molecule has 24 heavy (non-hydrogen) atoms. The summed E-state index contributed by atoms with van der Waals surface area (Å²) >= 11 is 0. The number of piperazine rings is 1. The third-order valence-corrected chi connectivity index (χ3v) is 5.02. The standard InChI is InChI=1S/C18H25N3O3/c22-18(16-2-1-11-23-16)21-9-7-20(8-10-21)17-12-15(5-6-19-17)24-13-14-3-4-14/h5-6,12,14,16H,1-4,7-11,13H2/t16-/m1/s1. The van der Waals surface area contributed by atoms with Crippen molar-refractivity contribution in [2.75, 3.05) is 44.3 Å². The van der Waals surface area contributed by atoms with Crippen LogP contribution in [0.15, 0.2) is 18.3 Å². The smallest absolute Gasteiger partial charge is 0.251 e. The topological polar surface area (TPSA) is 54.9 Å². The first-order valence-corrected chi connectivity index (χ1v) is 9.04. The van der Waals surface area contributed by atoms with Gasteiger partial charge in [-0.15, -0.1) is 0 Å². The average Bonchev–Trinajstić information content (AvgIpc) is 3.31. The molecule has 4 rings (SSSR count). The Morgan fingerprint density at radius 2 is 2.08 bits per heavy atom. The van der Waals surface area contributed by atoms with Crippen LogP contribution in [-0.4, -0.2) is 61.3 Å². The van der Waals surface area contributed by atoms with Crippen molar-refractivity contribution in [2.24, 2.45) is 5.92 Å². The molecule has 0 N–H and O–H groups in total. The molecule has 3 aliphatic rings. The Morgan fingerprint density at radius 3 is 2.79 bits per heavy atom. The highest BCUT2D eigenvalue weighted by atomic mass is 16.5. The number of carbonyl (C=O) groups is 1. The molecule has 2 saturated heterocycles. The van der Waals surface area contributed by atoms with Gasteiger partial charge in [-0.3, -0.25) is 4.79 Å². The Balaban J connectivity index is 1.31. The molecule has 0 aromatic carbocycles. The molecule has 0 radical (unpaired) electrons. The molecule has 0 unspecified atom stereocenters. The molecule has 1 amide bonds. The second-order valence-corrected chi connectivity index (χ2v) is 6.92. The fraction of sp³-hybridized carbons (Fsp3) is 0.667. The highest BCUT2D eigenvalue weighted by Gasteiger charge is 2.30. The number of hydrogen-bond donors (Lipinski definition) is 0. The van der Waals surface area contributed by atoms with Gasteiger partial charge in [0.05, 0.1) is 6.61 Å². The van der Waals surface area contributed by atoms with Crippen molar-refractivity contribution in [3.8, 4) is 5.75 Å². The van der Waals surface area contributed by atoms with Gasteiger partial charge in [0.25, 0.3) is 5.91 Å². The highest BCUT2D eigenvalue weighted by Crippen LogP contribution is 2.30. The normalized spacial score (nSPS) is 24.2. The first-order chi connectivity index (χ1) is 11.8. The van der Waals surface area contributed by atoms with Crippen LogP contribution >= 0.6 is 0 Å². The van der Waals surface area contributed by atoms with Gasteiger partial charge in [0.15, 0.2) is 0 Å². The molecule has 1 saturated carbocycles. The molecule has 0 bridgehead atoms. The zero-order chi connectivity index (χ0) is 16.4. The van der Waals surface area contributed by atoms with Crippen LogP contribution in [0.1, 0.15) is 25.7 Å². The Kier molecular flexibility index (Phi) is 4.56. The maximum atomic E-state index is 12.4. The minimum Gasteiger partial charge on any atom is -0.493 e. The molecule has 6 heteroatoms. The van der Waals surface area contributed by atoms with Gasteiger partial charge in [-0.05, 0) is 37.7 Å². The fourth-order valence-corrected chi connectivity index (χ4v) is 3.29. The number of ether oxygens (including phenoxy) is 2. The first-order valence-electron chi connectivity index (χ1n) is 9.04. The highest BCUT2D eigenvalue weighted by molar-refractivity contribution is 5.81. The lowest BCUT2D eigenvalue weighted by Crippen LogP contribution is -2.51. The van der Waals surface area contributed by atoms with Crippen LogP contribution in [0.2, 0.25) is 0 Å². The minimum absolute atomic E-state index is 0.154. The predicted molar refractivity (Wildman–Crippen MR) is 90.2 cm³/mol. The Hall–Kier alpha value is -1.82. The molecule has 1 atom stereocenters. The quantitative estimate of drug-likeness (QED) is 0.822. The van der Waals surface area contributed by atoms with Crippen LogP contribution in [0, 0.1) is 5.92 Å². The Labute approximate surface area is 142 Å². The van der Waals surface area contributed by atoms with Crippen molar-refractivity contribution in [3.63, 3.8) is 0 Å². The van der Waals surface area contributed by atoms with E-state index in [4.69, 9.17) is 9.47 Å². The lowest BCUT2D eigenvalue weighted by atomic mass is 10.2. The van der Waals surface area contributed by atoms with Crippen LogP contribution in [0.3, 0.4) is 0 Å². The summed E-state index contributed by atoms with van der Waals surface area (Å²) in [6.45, 7) is 4.59. The predicted octanol–water partition coefficient (Wildman–Crippen LogP) is 1.70. The van der Waals surface area contributed by atoms with Crippen molar-refractivity contribution in [1.29, 1.82) is 0 Å². The molecule has 3 fully saturated rings. The van der Waals surface area contributed by atoms with Crippen molar-refractivity contribution < 1.29 is 14.3 Å². The monoisotopic (exact) mass is 331 g/mol. The van der Waals surface area contributed by atoms with Gasteiger partial charge in [-0.1, -0.05) is 0 Å². The lowest BCUT2D eigenvalue weighted by Gasteiger charge is -2.36. The number of anilines is 1. The van der Waals surface area contributed by atoms with Crippen molar-refractivity contribution in [2.45, 2.75) is 31.8 Å². The van der Waals surface area contributed by atoms with Crippen LogP contribution < -0.4 is 9.64 Å². The minimum atomic E-state index is -0.214. The maximum absolute atomic E-state index is 12.4. The second kappa shape index (κ2) is 6.97. The molecule has 0 spiro atoms. The molecular weight excluding hydrogens is 306 g/mol. The number of carbonyl (C=O) groups excluding carboxylic acids is 1. The van der Waals surface area contributed by atoms with Gasteiger partial charge in [-0.25, -0.2) is 4.98 Å². The largest absolute Gasteiger partial charge is 0.493 e. The molecule has 6 nitrogen and oxygen atoms in total. The molecule has 130 valence electrons. The van der Waals surface area contributed by atoms with Crippen LogP contribution in [-0.2, 0) is 9.53 Å². The molecule has 1 aliphatic carbocycles. The molecule has 1 aromatic heterocycles. The summed E-state index contributed by atoms with van der Waals surface area (Å²) in [7, 11) is 0. The third-order valence-electron chi connectivity index (χ3n) is 5.02. The van der Waals surface area contributed by atoms with E-state index in [0.29, 0.717) is 6.61 Å². The van der Waals surface area contributed by atoms with Crippen LogP contribution in [0.4, 0.5) is 5.82 Å². The van der Waals surface area contributed by atoms with Crippen LogP contribution in [0.5, 0.6) is 5.75 Å². The van der Waals surface area contributed by atoms with Crippen molar-refractivity contribution in [3.05, 3.63) is 18.3 Å². The summed E-state index contributed by atoms with van der Waals surface area (Å²) in [6.07, 6.45) is 6.03. The average molecular weight is 331 g/mol. The van der Waals surface area contributed by atoms with Gasteiger partial charge in [0.1, 0.15) is 17.7 Å².